The maximum absolute atomic E-state index is 12.4. The fraction of sp³-hybridized carbons (Fsp3) is 0.0833. The van der Waals surface area contributed by atoms with Gasteiger partial charge in [-0.2, -0.15) is 5.26 Å². The molecule has 0 aliphatic carbocycles. The first-order valence-corrected chi connectivity index (χ1v) is 8.98. The topological polar surface area (TPSA) is 76.1 Å². The van der Waals surface area contributed by atoms with E-state index in [0.717, 1.165) is 23.1 Å². The van der Waals surface area contributed by atoms with Gasteiger partial charge in [0.05, 0.1) is 11.6 Å². The summed E-state index contributed by atoms with van der Waals surface area (Å²) in [6.07, 6.45) is 2.19. The Morgan fingerprint density at radius 2 is 1.79 bits per heavy atom. The van der Waals surface area contributed by atoms with Gasteiger partial charge in [0, 0.05) is 17.3 Å². The summed E-state index contributed by atoms with van der Waals surface area (Å²) < 4.78 is 5.54. The van der Waals surface area contributed by atoms with Crippen LogP contribution in [0.25, 0.3) is 16.8 Å². The summed E-state index contributed by atoms with van der Waals surface area (Å²) in [5, 5.41) is 9.20. The van der Waals surface area contributed by atoms with Gasteiger partial charge in [0.1, 0.15) is 5.75 Å². The molecule has 3 aromatic rings. The number of nitrogens with two attached hydrogens (primary N) is 1. The van der Waals surface area contributed by atoms with E-state index in [1.807, 2.05) is 54.6 Å². The molecule has 0 radical (unpaired) electrons. The van der Waals surface area contributed by atoms with Crippen molar-refractivity contribution >= 4 is 11.7 Å². The first-order valence-electron chi connectivity index (χ1n) is 8.98. The third kappa shape index (κ3) is 4.46. The van der Waals surface area contributed by atoms with Crippen LogP contribution in [0.1, 0.15) is 23.6 Å². The minimum Gasteiger partial charge on any atom is -0.423 e. The van der Waals surface area contributed by atoms with Crippen LogP contribution in [0.2, 0.25) is 0 Å². The lowest BCUT2D eigenvalue weighted by molar-refractivity contribution is -0.128. The van der Waals surface area contributed by atoms with Crippen LogP contribution in [0, 0.1) is 11.3 Å². The predicted octanol–water partition coefficient (Wildman–Crippen LogP) is 4.69. The number of nitrogens with zero attached hydrogens (tertiary/aromatic N) is 1. The van der Waals surface area contributed by atoms with Crippen molar-refractivity contribution in [2.75, 3.05) is 0 Å². The van der Waals surface area contributed by atoms with Crippen molar-refractivity contribution in [3.05, 3.63) is 95.6 Å². The number of ether oxygens (including phenoxy) is 1. The lowest BCUT2D eigenvalue weighted by Gasteiger charge is -2.11. The number of hydrogen-bond donors (Lipinski definition) is 1. The van der Waals surface area contributed by atoms with Gasteiger partial charge in [-0.15, -0.1) is 0 Å². The fourth-order valence-corrected chi connectivity index (χ4v) is 2.81. The quantitative estimate of drug-likeness (QED) is 0.403. The minimum atomic E-state index is -0.595. The maximum atomic E-state index is 12.4. The standard InChI is InChI=1S/C24H20N2O2/c1-2-17-8-11-19(12-9-17)21-13-10-18(16-25)14-23(21)28-24(27)15-22(26)20-6-4-3-5-7-20/h3-15H,2,26H2,1H3. The average Bonchev–Trinajstić information content (AvgIpc) is 2.74. The van der Waals surface area contributed by atoms with Crippen LogP contribution in [0.5, 0.6) is 5.75 Å². The SMILES string of the molecule is CCc1ccc(-c2ccc(C#N)cc2OC(=O)C=C(N)c2ccccc2)cc1. The Balaban J connectivity index is 1.91. The molecule has 4 nitrogen and oxygen atoms in total. The molecule has 138 valence electrons. The molecule has 0 unspecified atom stereocenters. The van der Waals surface area contributed by atoms with Gasteiger partial charge in [-0.1, -0.05) is 61.5 Å². The molecule has 0 heterocycles. The lowest BCUT2D eigenvalue weighted by atomic mass is 10.0. The Morgan fingerprint density at radius 1 is 1.07 bits per heavy atom. The normalized spacial score (nSPS) is 10.9. The van der Waals surface area contributed by atoms with Crippen LogP contribution in [-0.2, 0) is 11.2 Å². The van der Waals surface area contributed by atoms with Crippen molar-refractivity contribution < 1.29 is 9.53 Å². The molecular weight excluding hydrogens is 348 g/mol. The first-order chi connectivity index (χ1) is 13.6. The smallest absolute Gasteiger partial charge is 0.338 e. The van der Waals surface area contributed by atoms with Crippen molar-refractivity contribution in [3.8, 4) is 22.9 Å². The van der Waals surface area contributed by atoms with E-state index in [4.69, 9.17) is 10.5 Å². The summed E-state index contributed by atoms with van der Waals surface area (Å²) in [6.45, 7) is 2.09. The molecular formula is C24H20N2O2. The molecule has 0 atom stereocenters. The molecule has 4 heteroatoms. The van der Waals surface area contributed by atoms with Gasteiger partial charge in [0.15, 0.2) is 0 Å². The number of carbonyl (C=O) groups excluding carboxylic acids is 1. The van der Waals surface area contributed by atoms with Crippen molar-refractivity contribution in [2.45, 2.75) is 13.3 Å². The van der Waals surface area contributed by atoms with Gasteiger partial charge in [-0.25, -0.2) is 4.79 Å². The summed E-state index contributed by atoms with van der Waals surface area (Å²) in [6, 6.07) is 24.3. The molecule has 0 fully saturated rings. The maximum Gasteiger partial charge on any atom is 0.338 e. The largest absolute Gasteiger partial charge is 0.423 e. The Hall–Kier alpha value is -3.84. The number of nitriles is 1. The highest BCUT2D eigenvalue weighted by atomic mass is 16.5. The highest BCUT2D eigenvalue weighted by Gasteiger charge is 2.12. The zero-order valence-corrected chi connectivity index (χ0v) is 15.6. The molecule has 0 spiro atoms. The average molecular weight is 368 g/mol. The summed E-state index contributed by atoms with van der Waals surface area (Å²) in [4.78, 5) is 12.4. The van der Waals surface area contributed by atoms with Gasteiger partial charge < -0.3 is 10.5 Å². The van der Waals surface area contributed by atoms with E-state index >= 15 is 0 Å². The Morgan fingerprint density at radius 3 is 2.43 bits per heavy atom. The number of rotatable bonds is 5. The summed E-state index contributed by atoms with van der Waals surface area (Å²) >= 11 is 0. The predicted molar refractivity (Wildman–Crippen MR) is 110 cm³/mol. The van der Waals surface area contributed by atoms with Gasteiger partial charge in [-0.05, 0) is 41.3 Å². The number of hydrogen-bond acceptors (Lipinski definition) is 4. The molecule has 0 saturated heterocycles. The molecule has 0 saturated carbocycles. The monoisotopic (exact) mass is 368 g/mol. The molecule has 3 rings (SSSR count). The van der Waals surface area contributed by atoms with E-state index in [1.54, 1.807) is 18.2 Å². The molecule has 0 amide bonds. The van der Waals surface area contributed by atoms with Crippen LogP contribution in [0.3, 0.4) is 0 Å². The van der Waals surface area contributed by atoms with Crippen LogP contribution in [-0.4, -0.2) is 5.97 Å². The molecule has 3 aromatic carbocycles. The molecule has 0 aliphatic rings. The zero-order chi connectivity index (χ0) is 19.9. The fourth-order valence-electron chi connectivity index (χ4n) is 2.81. The number of carbonyl (C=O) groups is 1. The van der Waals surface area contributed by atoms with Crippen molar-refractivity contribution in [3.63, 3.8) is 0 Å². The van der Waals surface area contributed by atoms with E-state index in [9.17, 15) is 10.1 Å². The summed E-state index contributed by atoms with van der Waals surface area (Å²) in [5.41, 5.74) is 10.3. The molecule has 0 aliphatic heterocycles. The van der Waals surface area contributed by atoms with Crippen molar-refractivity contribution in [2.24, 2.45) is 5.73 Å². The van der Waals surface area contributed by atoms with Crippen LogP contribution in [0.15, 0.2) is 78.9 Å². The highest BCUT2D eigenvalue weighted by Crippen LogP contribution is 2.31. The minimum absolute atomic E-state index is 0.316. The number of benzene rings is 3. The van der Waals surface area contributed by atoms with Crippen LogP contribution in [0.4, 0.5) is 0 Å². The van der Waals surface area contributed by atoms with Gasteiger partial charge in [0.2, 0.25) is 0 Å². The first kappa shape index (κ1) is 18.9. The van der Waals surface area contributed by atoms with E-state index in [2.05, 4.69) is 13.0 Å². The summed E-state index contributed by atoms with van der Waals surface area (Å²) in [5.74, 6) is -0.270. The van der Waals surface area contributed by atoms with Gasteiger partial charge in [-0.3, -0.25) is 0 Å². The summed E-state index contributed by atoms with van der Waals surface area (Å²) in [7, 11) is 0. The number of esters is 1. The third-order valence-electron chi connectivity index (χ3n) is 4.37. The molecule has 0 aromatic heterocycles. The van der Waals surface area contributed by atoms with Gasteiger partial charge in [0.25, 0.3) is 0 Å². The Kier molecular flexibility index (Phi) is 5.88. The lowest BCUT2D eigenvalue weighted by Crippen LogP contribution is -2.09. The van der Waals surface area contributed by atoms with E-state index in [1.165, 1.54) is 11.6 Å². The molecule has 2 N–H and O–H groups in total. The van der Waals surface area contributed by atoms with Gasteiger partial charge >= 0.3 is 5.97 Å². The zero-order valence-electron chi connectivity index (χ0n) is 15.6. The van der Waals surface area contributed by atoms with E-state index in [0.29, 0.717) is 17.0 Å². The Labute approximate surface area is 164 Å². The second-order valence-electron chi connectivity index (χ2n) is 6.26. The highest BCUT2D eigenvalue weighted by molar-refractivity contribution is 5.93. The third-order valence-corrected chi connectivity index (χ3v) is 4.37. The number of aryl methyl sites for hydroxylation is 1. The second-order valence-corrected chi connectivity index (χ2v) is 6.26. The van der Waals surface area contributed by atoms with Crippen LogP contribution >= 0.6 is 0 Å². The van der Waals surface area contributed by atoms with Crippen molar-refractivity contribution in [1.29, 1.82) is 5.26 Å². The molecule has 0 bridgehead atoms. The Bertz CT molecular complexity index is 1050. The van der Waals surface area contributed by atoms with Crippen molar-refractivity contribution in [1.82, 2.24) is 0 Å². The molecule has 28 heavy (non-hydrogen) atoms. The van der Waals surface area contributed by atoms with E-state index in [-0.39, 0.29) is 0 Å². The second kappa shape index (κ2) is 8.70. The van der Waals surface area contributed by atoms with Crippen LogP contribution < -0.4 is 10.5 Å². The van der Waals surface area contributed by atoms with E-state index < -0.39 is 5.97 Å².